The van der Waals surface area contributed by atoms with Gasteiger partial charge in [0.2, 0.25) is 5.91 Å². The van der Waals surface area contributed by atoms with Gasteiger partial charge in [0, 0.05) is 28.1 Å². The molecular weight excluding hydrogens is 445 g/mol. The SMILES string of the molecule is Cc1noc(C)c1CC(=O)N(C[C@H]1CCCO1)c1nc(-c2ccc(Cl)cc2Cl)cs1. The molecule has 158 valence electrons. The van der Waals surface area contributed by atoms with Gasteiger partial charge >= 0.3 is 0 Å². The Kier molecular flexibility index (Phi) is 6.43. The van der Waals surface area contributed by atoms with Crippen LogP contribution in [0.1, 0.15) is 29.9 Å². The molecule has 2 aromatic heterocycles. The highest BCUT2D eigenvalue weighted by Gasteiger charge is 2.27. The molecule has 1 amide bonds. The topological polar surface area (TPSA) is 68.5 Å². The summed E-state index contributed by atoms with van der Waals surface area (Å²) in [5, 5.41) is 7.55. The predicted octanol–water partition coefficient (Wildman–Crippen LogP) is 5.48. The number of thiazole rings is 1. The molecule has 9 heteroatoms. The summed E-state index contributed by atoms with van der Waals surface area (Å²) in [4.78, 5) is 19.7. The van der Waals surface area contributed by atoms with Crippen molar-refractivity contribution in [2.75, 3.05) is 18.1 Å². The number of rotatable bonds is 6. The second-order valence-corrected chi connectivity index (χ2v) is 8.94. The van der Waals surface area contributed by atoms with Gasteiger partial charge in [-0.3, -0.25) is 9.69 Å². The Balaban J connectivity index is 1.62. The van der Waals surface area contributed by atoms with Crippen molar-refractivity contribution in [2.24, 2.45) is 0 Å². The number of benzene rings is 1. The second-order valence-electron chi connectivity index (χ2n) is 7.26. The maximum atomic E-state index is 13.3. The third kappa shape index (κ3) is 4.54. The summed E-state index contributed by atoms with van der Waals surface area (Å²) in [6.45, 7) is 4.84. The molecule has 0 bridgehead atoms. The molecule has 1 atom stereocenters. The molecule has 0 spiro atoms. The molecule has 6 nitrogen and oxygen atoms in total. The highest BCUT2D eigenvalue weighted by molar-refractivity contribution is 7.14. The summed E-state index contributed by atoms with van der Waals surface area (Å²) in [6, 6.07) is 5.29. The second kappa shape index (κ2) is 9.06. The van der Waals surface area contributed by atoms with Gasteiger partial charge in [-0.25, -0.2) is 4.98 Å². The van der Waals surface area contributed by atoms with Crippen LogP contribution in [-0.4, -0.2) is 35.3 Å². The Bertz CT molecular complexity index is 1040. The summed E-state index contributed by atoms with van der Waals surface area (Å²) in [7, 11) is 0. The minimum Gasteiger partial charge on any atom is -0.376 e. The fourth-order valence-corrected chi connectivity index (χ4v) is 4.85. The number of aromatic nitrogens is 2. The Morgan fingerprint density at radius 2 is 2.17 bits per heavy atom. The van der Waals surface area contributed by atoms with Crippen LogP contribution >= 0.6 is 34.5 Å². The fourth-order valence-electron chi connectivity index (χ4n) is 3.49. The molecule has 4 rings (SSSR count). The van der Waals surface area contributed by atoms with E-state index in [2.05, 4.69) is 5.16 Å². The van der Waals surface area contributed by atoms with Crippen molar-refractivity contribution in [1.29, 1.82) is 0 Å². The van der Waals surface area contributed by atoms with Crippen molar-refractivity contribution < 1.29 is 14.1 Å². The van der Waals surface area contributed by atoms with Crippen molar-refractivity contribution in [3.05, 3.63) is 50.6 Å². The van der Waals surface area contributed by atoms with Gasteiger partial charge in [-0.1, -0.05) is 28.4 Å². The molecule has 0 unspecified atom stereocenters. The van der Waals surface area contributed by atoms with Gasteiger partial charge < -0.3 is 9.26 Å². The molecule has 3 heterocycles. The van der Waals surface area contributed by atoms with Crippen LogP contribution < -0.4 is 4.90 Å². The molecule has 1 aliphatic heterocycles. The highest BCUT2D eigenvalue weighted by atomic mass is 35.5. The lowest BCUT2D eigenvalue weighted by molar-refractivity contribution is -0.118. The lowest BCUT2D eigenvalue weighted by atomic mass is 10.1. The van der Waals surface area contributed by atoms with Crippen LogP contribution in [0, 0.1) is 13.8 Å². The minimum atomic E-state index is -0.0667. The average molecular weight is 466 g/mol. The van der Waals surface area contributed by atoms with Crippen molar-refractivity contribution in [3.8, 4) is 11.3 Å². The van der Waals surface area contributed by atoms with Gasteiger partial charge in [-0.05, 0) is 44.9 Å². The van der Waals surface area contributed by atoms with Gasteiger partial charge in [0.15, 0.2) is 5.13 Å². The largest absolute Gasteiger partial charge is 0.376 e. The summed E-state index contributed by atoms with van der Waals surface area (Å²) in [5.41, 5.74) is 3.03. The molecule has 0 aliphatic carbocycles. The summed E-state index contributed by atoms with van der Waals surface area (Å²) < 4.78 is 11.0. The van der Waals surface area contributed by atoms with E-state index in [1.165, 1.54) is 11.3 Å². The van der Waals surface area contributed by atoms with Crippen molar-refractivity contribution in [1.82, 2.24) is 10.1 Å². The first-order chi connectivity index (χ1) is 14.4. The number of hydrogen-bond acceptors (Lipinski definition) is 6. The fraction of sp³-hybridized carbons (Fsp3) is 0.381. The van der Waals surface area contributed by atoms with E-state index in [0.717, 1.165) is 36.3 Å². The molecule has 0 radical (unpaired) electrons. The lowest BCUT2D eigenvalue weighted by Gasteiger charge is -2.23. The number of halogens is 2. The number of carbonyl (C=O) groups excluding carboxylic acids is 1. The van der Waals surface area contributed by atoms with Crippen LogP contribution in [0.25, 0.3) is 11.3 Å². The van der Waals surface area contributed by atoms with E-state index in [9.17, 15) is 4.79 Å². The molecule has 1 aliphatic rings. The quantitative estimate of drug-likeness (QED) is 0.482. The van der Waals surface area contributed by atoms with E-state index in [1.54, 1.807) is 17.0 Å². The number of amides is 1. The van der Waals surface area contributed by atoms with Crippen LogP contribution in [-0.2, 0) is 16.0 Å². The summed E-state index contributed by atoms with van der Waals surface area (Å²) >= 11 is 13.8. The molecule has 1 fully saturated rings. The highest BCUT2D eigenvalue weighted by Crippen LogP contribution is 2.34. The van der Waals surface area contributed by atoms with Gasteiger partial charge in [0.1, 0.15) is 5.76 Å². The Morgan fingerprint density at radius 3 is 2.83 bits per heavy atom. The zero-order chi connectivity index (χ0) is 21.3. The van der Waals surface area contributed by atoms with Crippen molar-refractivity contribution >= 4 is 45.6 Å². The maximum absolute atomic E-state index is 13.3. The van der Waals surface area contributed by atoms with E-state index in [-0.39, 0.29) is 18.4 Å². The minimum absolute atomic E-state index is 0.00471. The number of ether oxygens (including phenoxy) is 1. The van der Waals surface area contributed by atoms with Gasteiger partial charge in [0.05, 0.1) is 35.5 Å². The van der Waals surface area contributed by atoms with Crippen LogP contribution in [0.3, 0.4) is 0 Å². The zero-order valence-corrected chi connectivity index (χ0v) is 19.0. The molecule has 0 N–H and O–H groups in total. The van der Waals surface area contributed by atoms with E-state index < -0.39 is 0 Å². The number of anilines is 1. The van der Waals surface area contributed by atoms with Gasteiger partial charge in [0.25, 0.3) is 0 Å². The van der Waals surface area contributed by atoms with Crippen molar-refractivity contribution in [3.63, 3.8) is 0 Å². The summed E-state index contributed by atoms with van der Waals surface area (Å²) in [6.07, 6.45) is 2.13. The normalized spacial score (nSPS) is 16.2. The number of nitrogens with zero attached hydrogens (tertiary/aromatic N) is 3. The van der Waals surface area contributed by atoms with E-state index in [1.807, 2.05) is 25.3 Å². The molecule has 30 heavy (non-hydrogen) atoms. The third-order valence-corrected chi connectivity index (χ3v) is 6.56. The van der Waals surface area contributed by atoms with Crippen molar-refractivity contribution in [2.45, 2.75) is 39.2 Å². The molecular formula is C21H21Cl2N3O3S. The summed E-state index contributed by atoms with van der Waals surface area (Å²) in [5.74, 6) is 0.591. The van der Waals surface area contributed by atoms with Gasteiger partial charge in [-0.15, -0.1) is 11.3 Å². The average Bonchev–Trinajstić information content (AvgIpc) is 3.45. The number of aryl methyl sites for hydroxylation is 2. The van der Waals surface area contributed by atoms with Crippen LogP contribution in [0.5, 0.6) is 0 Å². The molecule has 1 aromatic carbocycles. The lowest BCUT2D eigenvalue weighted by Crippen LogP contribution is -2.38. The standard InChI is InChI=1S/C21H21Cl2N3O3S/c1-12-17(13(2)29-25-12)9-20(27)26(10-15-4-3-7-28-15)21-24-19(11-30-21)16-6-5-14(22)8-18(16)23/h5-6,8,11,15H,3-4,7,9-10H2,1-2H3/t15-/m1/s1. The third-order valence-electron chi connectivity index (χ3n) is 5.15. The first-order valence-corrected chi connectivity index (χ1v) is 11.3. The smallest absolute Gasteiger partial charge is 0.233 e. The molecule has 1 saturated heterocycles. The zero-order valence-electron chi connectivity index (χ0n) is 16.7. The number of carbonyl (C=O) groups is 1. The van der Waals surface area contributed by atoms with Crippen LogP contribution in [0.4, 0.5) is 5.13 Å². The molecule has 0 saturated carbocycles. The Labute approximate surface area is 188 Å². The first kappa shape index (κ1) is 21.3. The van der Waals surface area contributed by atoms with Crippen LogP contribution in [0.15, 0.2) is 28.1 Å². The predicted molar refractivity (Wildman–Crippen MR) is 119 cm³/mol. The van der Waals surface area contributed by atoms with E-state index in [0.29, 0.717) is 33.2 Å². The van der Waals surface area contributed by atoms with Crippen LogP contribution in [0.2, 0.25) is 10.0 Å². The van der Waals surface area contributed by atoms with Gasteiger partial charge in [-0.2, -0.15) is 0 Å². The number of hydrogen-bond donors (Lipinski definition) is 0. The first-order valence-electron chi connectivity index (χ1n) is 9.67. The van der Waals surface area contributed by atoms with E-state index in [4.69, 9.17) is 37.4 Å². The maximum Gasteiger partial charge on any atom is 0.233 e. The Hall–Kier alpha value is -1.93. The monoisotopic (exact) mass is 465 g/mol. The molecule has 3 aromatic rings. The van der Waals surface area contributed by atoms with E-state index >= 15 is 0 Å². The Morgan fingerprint density at radius 1 is 1.33 bits per heavy atom.